The number of benzene rings is 2. The summed E-state index contributed by atoms with van der Waals surface area (Å²) >= 11 is 0. The predicted molar refractivity (Wildman–Crippen MR) is 90.0 cm³/mol. The second kappa shape index (κ2) is 6.92. The summed E-state index contributed by atoms with van der Waals surface area (Å²) in [5.74, 6) is -0.0202. The zero-order chi connectivity index (χ0) is 16.1. The van der Waals surface area contributed by atoms with Crippen molar-refractivity contribution >= 4 is 5.91 Å². The topological polar surface area (TPSA) is 38.1 Å². The third-order valence-electron chi connectivity index (χ3n) is 3.68. The van der Waals surface area contributed by atoms with E-state index in [4.69, 9.17) is 0 Å². The summed E-state index contributed by atoms with van der Waals surface area (Å²) in [4.78, 5) is 14.2. The van der Waals surface area contributed by atoms with Crippen LogP contribution >= 0.6 is 0 Å². The lowest BCUT2D eigenvalue weighted by molar-refractivity contribution is 0.0785. The Morgan fingerprint density at radius 3 is 2.26 bits per heavy atom. The highest BCUT2D eigenvalue weighted by Crippen LogP contribution is 2.09. The molecule has 1 amide bonds. The van der Waals surface area contributed by atoms with Gasteiger partial charge in [-0.1, -0.05) is 60.7 Å². The Labute approximate surface area is 136 Å². The third kappa shape index (κ3) is 3.86. The number of nitrogens with zero attached hydrogens (tertiary/aromatic N) is 3. The highest BCUT2D eigenvalue weighted by molar-refractivity contribution is 5.93. The van der Waals surface area contributed by atoms with E-state index in [-0.39, 0.29) is 5.91 Å². The molecule has 0 unspecified atom stereocenters. The SMILES string of the molecule is CN(Cc1ccccc1)C(=O)c1cnn(Cc2ccccc2)c1. The summed E-state index contributed by atoms with van der Waals surface area (Å²) in [6.45, 7) is 1.25. The van der Waals surface area contributed by atoms with Gasteiger partial charge in [0, 0.05) is 19.8 Å². The predicted octanol–water partition coefficient (Wildman–Crippen LogP) is 3.20. The molecule has 0 atom stereocenters. The maximum atomic E-state index is 12.5. The van der Waals surface area contributed by atoms with Crippen LogP contribution in [0.5, 0.6) is 0 Å². The quantitative estimate of drug-likeness (QED) is 0.726. The molecule has 0 bridgehead atoms. The molecule has 0 aliphatic rings. The molecule has 0 aliphatic carbocycles. The lowest BCUT2D eigenvalue weighted by Crippen LogP contribution is -2.25. The van der Waals surface area contributed by atoms with Crippen LogP contribution in [0, 0.1) is 0 Å². The molecule has 0 fully saturated rings. The van der Waals surface area contributed by atoms with E-state index in [2.05, 4.69) is 5.10 Å². The van der Waals surface area contributed by atoms with E-state index in [1.165, 1.54) is 0 Å². The molecule has 1 aromatic heterocycles. The minimum absolute atomic E-state index is 0.0202. The van der Waals surface area contributed by atoms with Crippen LogP contribution < -0.4 is 0 Å². The van der Waals surface area contributed by atoms with Crippen molar-refractivity contribution < 1.29 is 4.79 Å². The van der Waals surface area contributed by atoms with Gasteiger partial charge in [-0.2, -0.15) is 5.10 Å². The minimum atomic E-state index is -0.0202. The Balaban J connectivity index is 1.66. The van der Waals surface area contributed by atoms with Crippen LogP contribution in [-0.4, -0.2) is 27.6 Å². The molecule has 1 heterocycles. The Kier molecular flexibility index (Phi) is 4.52. The van der Waals surface area contributed by atoms with Gasteiger partial charge in [0.1, 0.15) is 0 Å². The van der Waals surface area contributed by atoms with Crippen molar-refractivity contribution in [2.45, 2.75) is 13.1 Å². The van der Waals surface area contributed by atoms with Crippen LogP contribution in [0.3, 0.4) is 0 Å². The largest absolute Gasteiger partial charge is 0.337 e. The molecule has 4 heteroatoms. The van der Waals surface area contributed by atoms with Gasteiger partial charge in [0.25, 0.3) is 5.91 Å². The van der Waals surface area contributed by atoms with E-state index in [0.717, 1.165) is 11.1 Å². The molecule has 116 valence electrons. The van der Waals surface area contributed by atoms with Gasteiger partial charge in [0.2, 0.25) is 0 Å². The highest BCUT2D eigenvalue weighted by atomic mass is 16.2. The van der Waals surface area contributed by atoms with Crippen molar-refractivity contribution in [2.75, 3.05) is 7.05 Å². The number of aromatic nitrogens is 2. The van der Waals surface area contributed by atoms with Gasteiger partial charge in [0.05, 0.1) is 18.3 Å². The first-order valence-electron chi connectivity index (χ1n) is 7.58. The molecule has 0 radical (unpaired) electrons. The second-order valence-corrected chi connectivity index (χ2v) is 5.56. The Bertz CT molecular complexity index is 766. The lowest BCUT2D eigenvalue weighted by atomic mass is 10.2. The van der Waals surface area contributed by atoms with Gasteiger partial charge in [0.15, 0.2) is 0 Å². The van der Waals surface area contributed by atoms with Crippen molar-refractivity contribution in [1.29, 1.82) is 0 Å². The Morgan fingerprint density at radius 1 is 1.00 bits per heavy atom. The molecule has 23 heavy (non-hydrogen) atoms. The molecule has 0 N–H and O–H groups in total. The first-order valence-corrected chi connectivity index (χ1v) is 7.58. The number of hydrogen-bond donors (Lipinski definition) is 0. The summed E-state index contributed by atoms with van der Waals surface area (Å²) in [5, 5.41) is 4.29. The zero-order valence-corrected chi connectivity index (χ0v) is 13.1. The van der Waals surface area contributed by atoms with Gasteiger partial charge in [-0.3, -0.25) is 9.48 Å². The smallest absolute Gasteiger partial charge is 0.257 e. The van der Waals surface area contributed by atoms with Crippen molar-refractivity contribution in [1.82, 2.24) is 14.7 Å². The molecule has 2 aromatic carbocycles. The monoisotopic (exact) mass is 305 g/mol. The van der Waals surface area contributed by atoms with E-state index >= 15 is 0 Å². The van der Waals surface area contributed by atoms with Gasteiger partial charge < -0.3 is 4.90 Å². The second-order valence-electron chi connectivity index (χ2n) is 5.56. The molecular formula is C19H19N3O. The maximum absolute atomic E-state index is 12.5. The number of carbonyl (C=O) groups excluding carboxylic acids is 1. The Morgan fingerprint density at radius 2 is 1.61 bits per heavy atom. The van der Waals surface area contributed by atoms with E-state index < -0.39 is 0 Å². The molecule has 0 saturated carbocycles. The maximum Gasteiger partial charge on any atom is 0.257 e. The standard InChI is InChI=1S/C19H19N3O/c1-21(13-16-8-4-2-5-9-16)19(23)18-12-20-22(15-18)14-17-10-6-3-7-11-17/h2-12,15H,13-14H2,1H3. The van der Waals surface area contributed by atoms with Crippen LogP contribution in [0.2, 0.25) is 0 Å². The average Bonchev–Trinajstić information content (AvgIpc) is 3.04. The number of rotatable bonds is 5. The van der Waals surface area contributed by atoms with E-state index in [0.29, 0.717) is 18.7 Å². The lowest BCUT2D eigenvalue weighted by Gasteiger charge is -2.16. The zero-order valence-electron chi connectivity index (χ0n) is 13.1. The van der Waals surface area contributed by atoms with E-state index in [1.54, 1.807) is 22.0 Å². The normalized spacial score (nSPS) is 10.5. The van der Waals surface area contributed by atoms with Crippen LogP contribution in [0.15, 0.2) is 73.1 Å². The Hall–Kier alpha value is -2.88. The summed E-state index contributed by atoms with van der Waals surface area (Å²) in [5.41, 5.74) is 2.88. The van der Waals surface area contributed by atoms with Crippen LogP contribution in [0.1, 0.15) is 21.5 Å². The molecule has 0 aliphatic heterocycles. The van der Waals surface area contributed by atoms with Crippen LogP contribution in [-0.2, 0) is 13.1 Å². The van der Waals surface area contributed by atoms with Crippen molar-refractivity contribution in [2.24, 2.45) is 0 Å². The molecule has 3 rings (SSSR count). The molecule has 4 nitrogen and oxygen atoms in total. The first-order chi connectivity index (χ1) is 11.2. The van der Waals surface area contributed by atoms with E-state index in [1.807, 2.05) is 67.7 Å². The summed E-state index contributed by atoms with van der Waals surface area (Å²) < 4.78 is 1.79. The number of amides is 1. The van der Waals surface area contributed by atoms with Gasteiger partial charge >= 0.3 is 0 Å². The number of hydrogen-bond acceptors (Lipinski definition) is 2. The summed E-state index contributed by atoms with van der Waals surface area (Å²) in [6.07, 6.45) is 3.43. The highest BCUT2D eigenvalue weighted by Gasteiger charge is 2.14. The molecular weight excluding hydrogens is 286 g/mol. The minimum Gasteiger partial charge on any atom is -0.337 e. The van der Waals surface area contributed by atoms with Crippen molar-refractivity contribution in [3.05, 3.63) is 89.7 Å². The van der Waals surface area contributed by atoms with E-state index in [9.17, 15) is 4.79 Å². The van der Waals surface area contributed by atoms with Gasteiger partial charge in [-0.25, -0.2) is 0 Å². The van der Waals surface area contributed by atoms with Crippen molar-refractivity contribution in [3.63, 3.8) is 0 Å². The third-order valence-corrected chi connectivity index (χ3v) is 3.68. The number of carbonyl (C=O) groups is 1. The average molecular weight is 305 g/mol. The fraction of sp³-hybridized carbons (Fsp3) is 0.158. The summed E-state index contributed by atoms with van der Waals surface area (Å²) in [7, 11) is 1.81. The van der Waals surface area contributed by atoms with Crippen LogP contribution in [0.25, 0.3) is 0 Å². The molecule has 3 aromatic rings. The van der Waals surface area contributed by atoms with Crippen LogP contribution in [0.4, 0.5) is 0 Å². The molecule has 0 saturated heterocycles. The fourth-order valence-corrected chi connectivity index (χ4v) is 2.48. The molecule has 0 spiro atoms. The van der Waals surface area contributed by atoms with Gasteiger partial charge in [-0.05, 0) is 11.1 Å². The van der Waals surface area contributed by atoms with Gasteiger partial charge in [-0.15, -0.1) is 0 Å². The van der Waals surface area contributed by atoms with Crippen molar-refractivity contribution in [3.8, 4) is 0 Å². The first kappa shape index (κ1) is 15.0. The fourth-order valence-electron chi connectivity index (χ4n) is 2.48. The summed E-state index contributed by atoms with van der Waals surface area (Å²) in [6, 6.07) is 20.0.